The summed E-state index contributed by atoms with van der Waals surface area (Å²) >= 11 is 5.75. The summed E-state index contributed by atoms with van der Waals surface area (Å²) in [6.45, 7) is 2.88. The van der Waals surface area contributed by atoms with E-state index in [-0.39, 0.29) is 5.02 Å². The Hall–Kier alpha value is -3.66. The highest BCUT2D eigenvalue weighted by atomic mass is 35.5. The first-order valence-electron chi connectivity index (χ1n) is 10.7. The topological polar surface area (TPSA) is 113 Å². The summed E-state index contributed by atoms with van der Waals surface area (Å²) in [6.07, 6.45) is 4.66. The Bertz CT molecular complexity index is 1420. The zero-order chi connectivity index (χ0) is 25.2. The van der Waals surface area contributed by atoms with E-state index in [1.54, 1.807) is 56.6 Å². The summed E-state index contributed by atoms with van der Waals surface area (Å²) < 4.78 is 15.2. The SMILES string of the molecule is CC(C)(O)c1cc(Nc2nccc(-c3ccn([C@H](CO)c4ccc(Cl)c(F)c4)c(=O)c3)n2)ccn1. The predicted molar refractivity (Wildman–Crippen MR) is 131 cm³/mol. The van der Waals surface area contributed by atoms with Crippen LogP contribution in [0.1, 0.15) is 31.1 Å². The van der Waals surface area contributed by atoms with Gasteiger partial charge in [0.1, 0.15) is 11.4 Å². The molecule has 0 spiro atoms. The molecular formula is C25H23ClFN5O3. The molecule has 3 heterocycles. The first-order chi connectivity index (χ1) is 16.7. The van der Waals surface area contributed by atoms with Gasteiger partial charge in [-0.3, -0.25) is 9.78 Å². The normalized spacial score (nSPS) is 12.4. The van der Waals surface area contributed by atoms with Crippen LogP contribution in [0.2, 0.25) is 5.02 Å². The van der Waals surface area contributed by atoms with E-state index in [1.807, 2.05) is 0 Å². The smallest absolute Gasteiger partial charge is 0.251 e. The van der Waals surface area contributed by atoms with E-state index in [1.165, 1.54) is 29.0 Å². The average Bonchev–Trinajstić information content (AvgIpc) is 2.82. The molecule has 8 nitrogen and oxygen atoms in total. The second kappa shape index (κ2) is 9.91. The molecule has 0 fully saturated rings. The van der Waals surface area contributed by atoms with Gasteiger partial charge in [-0.15, -0.1) is 0 Å². The van der Waals surface area contributed by atoms with Gasteiger partial charge in [-0.1, -0.05) is 17.7 Å². The summed E-state index contributed by atoms with van der Waals surface area (Å²) in [5.41, 5.74) is 1.10. The van der Waals surface area contributed by atoms with Crippen molar-refractivity contribution in [3.63, 3.8) is 0 Å². The third-order valence-corrected chi connectivity index (χ3v) is 5.69. The van der Waals surface area contributed by atoms with Crippen molar-refractivity contribution in [3.8, 4) is 11.3 Å². The summed E-state index contributed by atoms with van der Waals surface area (Å²) in [7, 11) is 0. The monoisotopic (exact) mass is 495 g/mol. The van der Waals surface area contributed by atoms with E-state index < -0.39 is 29.6 Å². The van der Waals surface area contributed by atoms with Gasteiger partial charge in [0.15, 0.2) is 0 Å². The lowest BCUT2D eigenvalue weighted by molar-refractivity contribution is 0.0739. The Morgan fingerprint density at radius 3 is 2.57 bits per heavy atom. The molecule has 0 saturated heterocycles. The molecule has 3 N–H and O–H groups in total. The minimum absolute atomic E-state index is 0.0376. The van der Waals surface area contributed by atoms with Gasteiger partial charge in [0.05, 0.1) is 29.1 Å². The fraction of sp³-hybridized carbons (Fsp3) is 0.200. The van der Waals surface area contributed by atoms with E-state index in [0.29, 0.717) is 34.2 Å². The fourth-order valence-electron chi connectivity index (χ4n) is 3.53. The van der Waals surface area contributed by atoms with Crippen LogP contribution in [-0.4, -0.2) is 36.3 Å². The molecule has 4 rings (SSSR count). The largest absolute Gasteiger partial charge is 0.394 e. The lowest BCUT2D eigenvalue weighted by atomic mass is 10.0. The number of halogens is 2. The number of aliphatic hydroxyl groups excluding tert-OH is 1. The van der Waals surface area contributed by atoms with E-state index in [2.05, 4.69) is 20.3 Å². The van der Waals surface area contributed by atoms with Crippen molar-refractivity contribution in [3.05, 3.63) is 99.6 Å². The van der Waals surface area contributed by atoms with Gasteiger partial charge in [0, 0.05) is 35.9 Å². The zero-order valence-electron chi connectivity index (χ0n) is 19.0. The number of aromatic nitrogens is 4. The van der Waals surface area contributed by atoms with Crippen LogP contribution in [0.3, 0.4) is 0 Å². The first kappa shape index (κ1) is 24.5. The van der Waals surface area contributed by atoms with Crippen LogP contribution < -0.4 is 10.9 Å². The highest BCUT2D eigenvalue weighted by Crippen LogP contribution is 2.25. The molecule has 3 aromatic heterocycles. The molecule has 0 amide bonds. The Kier molecular flexibility index (Phi) is 6.93. The van der Waals surface area contributed by atoms with Gasteiger partial charge in [0.25, 0.3) is 5.56 Å². The van der Waals surface area contributed by atoms with Crippen molar-refractivity contribution < 1.29 is 14.6 Å². The van der Waals surface area contributed by atoms with Gasteiger partial charge in [0.2, 0.25) is 5.95 Å². The van der Waals surface area contributed by atoms with Crippen LogP contribution in [0.15, 0.2) is 71.9 Å². The van der Waals surface area contributed by atoms with Crippen molar-refractivity contribution >= 4 is 23.2 Å². The van der Waals surface area contributed by atoms with Crippen molar-refractivity contribution in [2.75, 3.05) is 11.9 Å². The number of aliphatic hydroxyl groups is 2. The van der Waals surface area contributed by atoms with E-state index in [4.69, 9.17) is 11.6 Å². The molecule has 1 atom stereocenters. The second-order valence-corrected chi connectivity index (χ2v) is 8.82. The third kappa shape index (κ3) is 5.54. The van der Waals surface area contributed by atoms with Gasteiger partial charge in [-0.25, -0.2) is 14.4 Å². The highest BCUT2D eigenvalue weighted by Gasteiger charge is 2.19. The molecule has 0 aliphatic heterocycles. The minimum atomic E-state index is -1.10. The summed E-state index contributed by atoms with van der Waals surface area (Å²) in [6, 6.07) is 11.5. The molecule has 35 heavy (non-hydrogen) atoms. The van der Waals surface area contributed by atoms with E-state index in [9.17, 15) is 19.4 Å². The number of hydrogen-bond donors (Lipinski definition) is 3. The van der Waals surface area contributed by atoms with Crippen LogP contribution in [0.4, 0.5) is 16.0 Å². The molecular weight excluding hydrogens is 473 g/mol. The molecule has 0 bridgehead atoms. The zero-order valence-corrected chi connectivity index (χ0v) is 19.7. The number of benzene rings is 1. The Morgan fingerprint density at radius 2 is 1.89 bits per heavy atom. The number of anilines is 2. The molecule has 0 saturated carbocycles. The third-order valence-electron chi connectivity index (χ3n) is 5.38. The van der Waals surface area contributed by atoms with Crippen LogP contribution in [0.5, 0.6) is 0 Å². The van der Waals surface area contributed by atoms with Crippen LogP contribution >= 0.6 is 11.6 Å². The maximum Gasteiger partial charge on any atom is 0.251 e. The lowest BCUT2D eigenvalue weighted by Gasteiger charge is -2.19. The van der Waals surface area contributed by atoms with Crippen LogP contribution in [-0.2, 0) is 5.60 Å². The summed E-state index contributed by atoms with van der Waals surface area (Å²) in [4.78, 5) is 25.8. The van der Waals surface area contributed by atoms with E-state index in [0.717, 1.165) is 0 Å². The fourth-order valence-corrected chi connectivity index (χ4v) is 3.65. The molecule has 0 aliphatic rings. The van der Waals surface area contributed by atoms with Crippen molar-refractivity contribution in [2.45, 2.75) is 25.5 Å². The van der Waals surface area contributed by atoms with Crippen molar-refractivity contribution in [2.24, 2.45) is 0 Å². The first-order valence-corrected chi connectivity index (χ1v) is 11.1. The molecule has 4 aromatic rings. The summed E-state index contributed by atoms with van der Waals surface area (Å²) in [5, 5.41) is 23.1. The number of nitrogens with one attached hydrogen (secondary N) is 1. The standard InChI is InChI=1S/C25H23ClFN5O3/c1-25(2,35)22-13-17(5-8-28-22)30-24-29-9-6-20(31-24)15-7-10-32(23(34)12-15)21(14-33)16-3-4-18(26)19(27)11-16/h3-13,21,33,35H,14H2,1-2H3,(H,28,29,30,31)/t21-/m1/s1. The molecule has 0 radical (unpaired) electrons. The number of nitrogens with zero attached hydrogens (tertiary/aromatic N) is 4. The van der Waals surface area contributed by atoms with Crippen LogP contribution in [0, 0.1) is 5.82 Å². The molecule has 10 heteroatoms. The number of hydrogen-bond acceptors (Lipinski definition) is 7. The van der Waals surface area contributed by atoms with Crippen LogP contribution in [0.25, 0.3) is 11.3 Å². The Labute approximate surface area is 205 Å². The second-order valence-electron chi connectivity index (χ2n) is 8.41. The van der Waals surface area contributed by atoms with E-state index >= 15 is 0 Å². The highest BCUT2D eigenvalue weighted by molar-refractivity contribution is 6.30. The molecule has 1 aromatic carbocycles. The van der Waals surface area contributed by atoms with Gasteiger partial charge >= 0.3 is 0 Å². The Morgan fingerprint density at radius 1 is 1.11 bits per heavy atom. The maximum atomic E-state index is 13.9. The minimum Gasteiger partial charge on any atom is -0.394 e. The number of rotatable bonds is 7. The summed E-state index contributed by atoms with van der Waals surface area (Å²) in [5.74, 6) is -0.332. The van der Waals surface area contributed by atoms with Crippen molar-refractivity contribution in [1.82, 2.24) is 19.5 Å². The maximum absolute atomic E-state index is 13.9. The van der Waals surface area contributed by atoms with Gasteiger partial charge < -0.3 is 20.1 Å². The van der Waals surface area contributed by atoms with Crippen molar-refractivity contribution in [1.29, 1.82) is 0 Å². The molecule has 0 unspecified atom stereocenters. The molecule has 180 valence electrons. The van der Waals surface area contributed by atoms with Gasteiger partial charge in [-0.2, -0.15) is 0 Å². The quantitative estimate of drug-likeness (QED) is 0.354. The Balaban J connectivity index is 1.61. The van der Waals surface area contributed by atoms with Gasteiger partial charge in [-0.05, 0) is 55.8 Å². The lowest BCUT2D eigenvalue weighted by Crippen LogP contribution is -2.27. The average molecular weight is 496 g/mol. The number of pyridine rings is 2. The molecule has 0 aliphatic carbocycles. The predicted octanol–water partition coefficient (Wildman–Crippen LogP) is 4.05.